The van der Waals surface area contributed by atoms with Gasteiger partial charge in [-0.1, -0.05) is 24.3 Å². The number of ether oxygens (including phenoxy) is 3. The number of rotatable bonds is 6. The van der Waals surface area contributed by atoms with Gasteiger partial charge in [0.1, 0.15) is 5.75 Å². The number of benzene rings is 2. The van der Waals surface area contributed by atoms with Gasteiger partial charge in [-0.05, 0) is 37.6 Å². The standard InChI is InChI=1S/C20H23NO4/c1-3-23-17-9-5-7-15(11-17)12-21-13-16-8-6-10-18(24-4-2)20(16)25-14-19(21)22/h5-11H,3-4,12-14H2,1-2H3. The summed E-state index contributed by atoms with van der Waals surface area (Å²) in [6, 6.07) is 13.6. The molecule has 1 aliphatic rings. The molecule has 2 aromatic rings. The van der Waals surface area contributed by atoms with Crippen LogP contribution in [0.3, 0.4) is 0 Å². The van der Waals surface area contributed by atoms with Crippen LogP contribution in [0.2, 0.25) is 0 Å². The van der Waals surface area contributed by atoms with E-state index in [1.165, 1.54) is 0 Å². The lowest BCUT2D eigenvalue weighted by Gasteiger charge is -2.20. The predicted octanol–water partition coefficient (Wildman–Crippen LogP) is 3.41. The number of carbonyl (C=O) groups excluding carboxylic acids is 1. The van der Waals surface area contributed by atoms with Crippen LogP contribution in [0.1, 0.15) is 25.0 Å². The molecule has 0 atom stereocenters. The van der Waals surface area contributed by atoms with Crippen molar-refractivity contribution in [3.05, 3.63) is 53.6 Å². The van der Waals surface area contributed by atoms with E-state index >= 15 is 0 Å². The Morgan fingerprint density at radius 2 is 1.88 bits per heavy atom. The highest BCUT2D eigenvalue weighted by molar-refractivity contribution is 5.79. The Balaban J connectivity index is 1.81. The van der Waals surface area contributed by atoms with E-state index in [0.717, 1.165) is 16.9 Å². The summed E-state index contributed by atoms with van der Waals surface area (Å²) in [6.45, 7) is 6.08. The Bertz CT molecular complexity index is 744. The van der Waals surface area contributed by atoms with Crippen LogP contribution in [0.15, 0.2) is 42.5 Å². The highest BCUT2D eigenvalue weighted by Gasteiger charge is 2.24. The molecule has 0 unspecified atom stereocenters. The zero-order chi connectivity index (χ0) is 17.6. The smallest absolute Gasteiger partial charge is 0.261 e. The average Bonchev–Trinajstić information content (AvgIpc) is 2.76. The summed E-state index contributed by atoms with van der Waals surface area (Å²) in [7, 11) is 0. The Labute approximate surface area is 148 Å². The van der Waals surface area contributed by atoms with Gasteiger partial charge >= 0.3 is 0 Å². The van der Waals surface area contributed by atoms with Crippen molar-refractivity contribution in [1.29, 1.82) is 0 Å². The zero-order valence-electron chi connectivity index (χ0n) is 14.7. The second-order valence-corrected chi connectivity index (χ2v) is 5.80. The minimum Gasteiger partial charge on any atom is -0.494 e. The number of hydrogen-bond donors (Lipinski definition) is 0. The number of fused-ring (bicyclic) bond motifs is 1. The maximum atomic E-state index is 12.5. The Kier molecular flexibility index (Phi) is 5.43. The SMILES string of the molecule is CCOc1cccc(CN2Cc3cccc(OCC)c3OCC2=O)c1. The van der Waals surface area contributed by atoms with Gasteiger partial charge in [-0.3, -0.25) is 4.79 Å². The first kappa shape index (κ1) is 17.1. The first-order valence-electron chi connectivity index (χ1n) is 8.58. The monoisotopic (exact) mass is 341 g/mol. The van der Waals surface area contributed by atoms with Gasteiger partial charge in [0.2, 0.25) is 0 Å². The molecule has 5 nitrogen and oxygen atoms in total. The van der Waals surface area contributed by atoms with Crippen LogP contribution in [-0.2, 0) is 17.9 Å². The van der Waals surface area contributed by atoms with Gasteiger partial charge in [-0.2, -0.15) is 0 Å². The summed E-state index contributed by atoms with van der Waals surface area (Å²) < 4.78 is 16.9. The van der Waals surface area contributed by atoms with Crippen molar-refractivity contribution in [2.24, 2.45) is 0 Å². The van der Waals surface area contributed by atoms with E-state index in [-0.39, 0.29) is 12.5 Å². The molecule has 0 bridgehead atoms. The highest BCUT2D eigenvalue weighted by Crippen LogP contribution is 2.34. The quantitative estimate of drug-likeness (QED) is 0.808. The second kappa shape index (κ2) is 7.92. The largest absolute Gasteiger partial charge is 0.494 e. The fraction of sp³-hybridized carbons (Fsp3) is 0.350. The molecular formula is C20H23NO4. The molecule has 0 aliphatic carbocycles. The van der Waals surface area contributed by atoms with E-state index in [1.54, 1.807) is 4.90 Å². The van der Waals surface area contributed by atoms with Gasteiger partial charge in [0, 0.05) is 18.7 Å². The number of carbonyl (C=O) groups is 1. The minimum absolute atomic E-state index is 0.0161. The highest BCUT2D eigenvalue weighted by atomic mass is 16.5. The molecule has 0 spiro atoms. The molecule has 132 valence electrons. The van der Waals surface area contributed by atoms with E-state index in [0.29, 0.717) is 37.8 Å². The van der Waals surface area contributed by atoms with Gasteiger partial charge in [0.25, 0.3) is 5.91 Å². The molecule has 2 aromatic carbocycles. The molecule has 25 heavy (non-hydrogen) atoms. The number of nitrogens with zero attached hydrogens (tertiary/aromatic N) is 1. The van der Waals surface area contributed by atoms with Crippen LogP contribution < -0.4 is 14.2 Å². The number of amides is 1. The summed E-state index contributed by atoms with van der Waals surface area (Å²) in [5.74, 6) is 2.13. The van der Waals surface area contributed by atoms with Crippen LogP contribution in [0.25, 0.3) is 0 Å². The molecular weight excluding hydrogens is 318 g/mol. The number of hydrogen-bond acceptors (Lipinski definition) is 4. The summed E-state index contributed by atoms with van der Waals surface area (Å²) in [5, 5.41) is 0. The lowest BCUT2D eigenvalue weighted by Crippen LogP contribution is -2.31. The van der Waals surface area contributed by atoms with E-state index in [1.807, 2.05) is 56.3 Å². The van der Waals surface area contributed by atoms with E-state index < -0.39 is 0 Å². The fourth-order valence-electron chi connectivity index (χ4n) is 2.90. The molecule has 1 amide bonds. The van der Waals surface area contributed by atoms with Crippen LogP contribution >= 0.6 is 0 Å². The maximum absolute atomic E-state index is 12.5. The number of para-hydroxylation sites is 1. The first-order chi connectivity index (χ1) is 12.2. The van der Waals surface area contributed by atoms with Crippen molar-refractivity contribution in [1.82, 2.24) is 4.90 Å². The Hall–Kier alpha value is -2.69. The van der Waals surface area contributed by atoms with Gasteiger partial charge in [0.05, 0.1) is 13.2 Å². The molecule has 3 rings (SSSR count). The Morgan fingerprint density at radius 3 is 2.68 bits per heavy atom. The molecule has 1 aliphatic heterocycles. The topological polar surface area (TPSA) is 48.0 Å². The molecule has 0 saturated heterocycles. The summed E-state index contributed by atoms with van der Waals surface area (Å²) in [5.41, 5.74) is 1.99. The van der Waals surface area contributed by atoms with Crippen molar-refractivity contribution in [3.63, 3.8) is 0 Å². The lowest BCUT2D eigenvalue weighted by molar-refractivity contribution is -0.133. The van der Waals surface area contributed by atoms with Gasteiger partial charge in [-0.15, -0.1) is 0 Å². The molecule has 0 fully saturated rings. The van der Waals surface area contributed by atoms with E-state index in [4.69, 9.17) is 14.2 Å². The normalized spacial score (nSPS) is 13.7. The Morgan fingerprint density at radius 1 is 1.08 bits per heavy atom. The van der Waals surface area contributed by atoms with Crippen LogP contribution in [0.5, 0.6) is 17.2 Å². The second-order valence-electron chi connectivity index (χ2n) is 5.80. The molecule has 5 heteroatoms. The predicted molar refractivity (Wildman–Crippen MR) is 95.0 cm³/mol. The summed E-state index contributed by atoms with van der Waals surface area (Å²) in [4.78, 5) is 14.3. The summed E-state index contributed by atoms with van der Waals surface area (Å²) >= 11 is 0. The third kappa shape index (κ3) is 4.05. The van der Waals surface area contributed by atoms with E-state index in [9.17, 15) is 4.79 Å². The average molecular weight is 341 g/mol. The van der Waals surface area contributed by atoms with Crippen LogP contribution in [-0.4, -0.2) is 30.6 Å². The van der Waals surface area contributed by atoms with Crippen molar-refractivity contribution in [3.8, 4) is 17.2 Å². The molecule has 1 heterocycles. The van der Waals surface area contributed by atoms with Crippen molar-refractivity contribution in [2.75, 3.05) is 19.8 Å². The lowest BCUT2D eigenvalue weighted by atomic mass is 10.1. The maximum Gasteiger partial charge on any atom is 0.261 e. The van der Waals surface area contributed by atoms with Crippen LogP contribution in [0, 0.1) is 0 Å². The van der Waals surface area contributed by atoms with E-state index in [2.05, 4.69) is 0 Å². The molecule has 0 radical (unpaired) electrons. The van der Waals surface area contributed by atoms with Crippen molar-refractivity contribution < 1.29 is 19.0 Å². The zero-order valence-corrected chi connectivity index (χ0v) is 14.7. The fourth-order valence-corrected chi connectivity index (χ4v) is 2.90. The third-order valence-electron chi connectivity index (χ3n) is 4.00. The minimum atomic E-state index is -0.0412. The van der Waals surface area contributed by atoms with Gasteiger partial charge in [-0.25, -0.2) is 0 Å². The van der Waals surface area contributed by atoms with Gasteiger partial charge < -0.3 is 19.1 Å². The van der Waals surface area contributed by atoms with Crippen LogP contribution in [0.4, 0.5) is 0 Å². The molecule has 0 N–H and O–H groups in total. The summed E-state index contributed by atoms with van der Waals surface area (Å²) in [6.07, 6.45) is 0. The van der Waals surface area contributed by atoms with Crippen molar-refractivity contribution in [2.45, 2.75) is 26.9 Å². The molecule has 0 aromatic heterocycles. The third-order valence-corrected chi connectivity index (χ3v) is 4.00. The first-order valence-corrected chi connectivity index (χ1v) is 8.58. The van der Waals surface area contributed by atoms with Crippen molar-refractivity contribution >= 4 is 5.91 Å². The molecule has 0 saturated carbocycles. The van der Waals surface area contributed by atoms with Gasteiger partial charge in [0.15, 0.2) is 18.1 Å².